The summed E-state index contributed by atoms with van der Waals surface area (Å²) in [5, 5.41) is 0. The van der Waals surface area contributed by atoms with Crippen LogP contribution >= 0.6 is 0 Å². The summed E-state index contributed by atoms with van der Waals surface area (Å²) in [6.45, 7) is 17.5. The quantitative estimate of drug-likeness (QED) is 0.125. The summed E-state index contributed by atoms with van der Waals surface area (Å²) in [5.74, 6) is 2.82. The average molecular weight is 635 g/mol. The minimum absolute atomic E-state index is 0.145. The number of ether oxygens (including phenoxy) is 6. The van der Waals surface area contributed by atoms with Crippen molar-refractivity contribution in [2.45, 2.75) is 131 Å². The van der Waals surface area contributed by atoms with Gasteiger partial charge in [0.15, 0.2) is 0 Å². The first-order valence-electron chi connectivity index (χ1n) is 17.6. The van der Waals surface area contributed by atoms with E-state index in [1.807, 2.05) is 0 Å². The lowest BCUT2D eigenvalue weighted by Gasteiger charge is -2.60. The van der Waals surface area contributed by atoms with Crippen LogP contribution in [0, 0.1) is 46.3 Å². The van der Waals surface area contributed by atoms with Crippen LogP contribution < -0.4 is 0 Å². The van der Waals surface area contributed by atoms with Gasteiger partial charge in [-0.05, 0) is 107 Å². The van der Waals surface area contributed by atoms with Gasteiger partial charge >= 0.3 is 18.5 Å². The van der Waals surface area contributed by atoms with Crippen LogP contribution in [0.1, 0.15) is 113 Å². The van der Waals surface area contributed by atoms with Gasteiger partial charge < -0.3 is 28.4 Å². The van der Waals surface area contributed by atoms with Crippen molar-refractivity contribution in [1.82, 2.24) is 0 Å². The number of hydrogen-bond acceptors (Lipinski definition) is 9. The van der Waals surface area contributed by atoms with Crippen molar-refractivity contribution >= 4 is 18.5 Å². The molecule has 3 fully saturated rings. The molecule has 9 heteroatoms. The van der Waals surface area contributed by atoms with Crippen molar-refractivity contribution in [3.8, 4) is 0 Å². The van der Waals surface area contributed by atoms with E-state index >= 15 is 0 Å². The molecule has 0 bridgehead atoms. The lowest BCUT2D eigenvalue weighted by Crippen LogP contribution is -2.57. The van der Waals surface area contributed by atoms with Crippen LogP contribution in [-0.2, 0) is 28.4 Å². The molecule has 0 amide bonds. The Morgan fingerprint density at radius 1 is 0.844 bits per heavy atom. The fourth-order valence-corrected chi connectivity index (χ4v) is 9.88. The Balaban J connectivity index is 1.50. The SMILES string of the molecule is CCOC(=O)O[C@@H]1CC2=CC[C@H]3[C@@H]4CC[C@H]([C@H](C)CC[C@@H](OC(=O)OCC)C(C)C)[C@@]4(C)CC[C@@H]3[C@@]2(C)[C@@H](OC(=O)OCC)C1. The maximum atomic E-state index is 12.7. The average Bonchev–Trinajstić information content (AvgIpc) is 3.33. The summed E-state index contributed by atoms with van der Waals surface area (Å²) >= 11 is 0. The molecular formula is C36H58O9. The van der Waals surface area contributed by atoms with Gasteiger partial charge in [0.05, 0.1) is 19.8 Å². The second kappa shape index (κ2) is 15.0. The molecule has 0 radical (unpaired) electrons. The van der Waals surface area contributed by atoms with Crippen LogP contribution in [-0.4, -0.2) is 56.6 Å². The number of allylic oxidation sites excluding steroid dienone is 1. The fourth-order valence-electron chi connectivity index (χ4n) is 9.88. The summed E-state index contributed by atoms with van der Waals surface area (Å²) in [6.07, 6.45) is 8.00. The Hall–Kier alpha value is -2.45. The monoisotopic (exact) mass is 634 g/mol. The summed E-state index contributed by atoms with van der Waals surface area (Å²) in [4.78, 5) is 37.0. The molecule has 4 aliphatic carbocycles. The zero-order chi connectivity index (χ0) is 32.9. The van der Waals surface area contributed by atoms with Gasteiger partial charge in [0.1, 0.15) is 18.3 Å². The number of fused-ring (bicyclic) bond motifs is 5. The van der Waals surface area contributed by atoms with Crippen molar-refractivity contribution in [3.63, 3.8) is 0 Å². The molecule has 3 saturated carbocycles. The van der Waals surface area contributed by atoms with E-state index in [1.165, 1.54) is 18.4 Å². The molecule has 0 saturated heterocycles. The van der Waals surface area contributed by atoms with E-state index in [4.69, 9.17) is 28.4 Å². The largest absolute Gasteiger partial charge is 0.508 e. The molecule has 0 aromatic rings. The number of hydrogen-bond donors (Lipinski definition) is 0. The van der Waals surface area contributed by atoms with Crippen molar-refractivity contribution in [2.75, 3.05) is 19.8 Å². The molecule has 0 aromatic carbocycles. The molecule has 0 heterocycles. The second-order valence-electron chi connectivity index (χ2n) is 14.6. The van der Waals surface area contributed by atoms with Crippen LogP contribution in [0.5, 0.6) is 0 Å². The third-order valence-corrected chi connectivity index (χ3v) is 12.1. The van der Waals surface area contributed by atoms with Gasteiger partial charge in [0.25, 0.3) is 0 Å². The Labute approximate surface area is 270 Å². The molecule has 9 nitrogen and oxygen atoms in total. The van der Waals surface area contributed by atoms with Crippen molar-refractivity contribution in [2.24, 2.45) is 46.3 Å². The third kappa shape index (κ3) is 7.43. The van der Waals surface area contributed by atoms with Gasteiger partial charge in [-0.3, -0.25) is 0 Å². The minimum atomic E-state index is -0.679. The van der Waals surface area contributed by atoms with E-state index in [0.717, 1.165) is 32.1 Å². The summed E-state index contributed by atoms with van der Waals surface area (Å²) < 4.78 is 32.8. The molecule has 0 unspecified atom stereocenters. The van der Waals surface area contributed by atoms with Crippen LogP contribution in [0.15, 0.2) is 11.6 Å². The number of carbonyl (C=O) groups excluding carboxylic acids is 3. The molecule has 10 atom stereocenters. The highest BCUT2D eigenvalue weighted by atomic mass is 16.7. The van der Waals surface area contributed by atoms with Crippen LogP contribution in [0.3, 0.4) is 0 Å². The summed E-state index contributed by atoms with van der Waals surface area (Å²) in [6, 6.07) is 0. The van der Waals surface area contributed by atoms with Crippen LogP contribution in [0.25, 0.3) is 0 Å². The smallest absolute Gasteiger partial charge is 0.435 e. The highest BCUT2D eigenvalue weighted by Gasteiger charge is 2.62. The van der Waals surface area contributed by atoms with Gasteiger partial charge in [0, 0.05) is 18.3 Å². The maximum absolute atomic E-state index is 12.7. The molecule has 0 spiro atoms. The molecule has 45 heavy (non-hydrogen) atoms. The first-order valence-corrected chi connectivity index (χ1v) is 17.6. The number of rotatable bonds is 11. The standard InChI is InChI=1S/C36H58O9/c1-9-40-32(37)43-25-20-24-13-14-26-28-16-15-27(23(6)12-17-30(22(4)5)44-33(38)41-10-2)35(28,7)19-18-29(26)36(24,8)31(21-25)45-34(39)42-11-3/h13,22-23,25-31H,9-12,14-21H2,1-8H3/t23-,25-,26+,27-,28+,29+,30-,31+,35-,36+/m1/s1. The van der Waals surface area contributed by atoms with E-state index in [2.05, 4.69) is 40.7 Å². The maximum Gasteiger partial charge on any atom is 0.508 e. The lowest BCUT2D eigenvalue weighted by atomic mass is 9.46. The lowest BCUT2D eigenvalue weighted by molar-refractivity contribution is -0.122. The van der Waals surface area contributed by atoms with Crippen molar-refractivity contribution < 1.29 is 42.8 Å². The number of carbonyl (C=O) groups is 3. The first-order chi connectivity index (χ1) is 21.4. The molecule has 0 aliphatic heterocycles. The van der Waals surface area contributed by atoms with Crippen molar-refractivity contribution in [3.05, 3.63) is 11.6 Å². The van der Waals surface area contributed by atoms with E-state index in [9.17, 15) is 14.4 Å². The Kier molecular flexibility index (Phi) is 11.8. The van der Waals surface area contributed by atoms with E-state index in [0.29, 0.717) is 49.0 Å². The third-order valence-electron chi connectivity index (χ3n) is 12.1. The Bertz CT molecular complexity index is 1070. The molecular weight excluding hydrogens is 576 g/mol. The molecule has 0 aromatic heterocycles. The fraction of sp³-hybridized carbons (Fsp3) is 0.861. The topological polar surface area (TPSA) is 107 Å². The van der Waals surface area contributed by atoms with Gasteiger partial charge in [-0.15, -0.1) is 0 Å². The highest BCUT2D eigenvalue weighted by Crippen LogP contribution is 2.67. The zero-order valence-corrected chi connectivity index (χ0v) is 28.9. The summed E-state index contributed by atoms with van der Waals surface area (Å²) in [7, 11) is 0. The second-order valence-corrected chi connectivity index (χ2v) is 14.6. The zero-order valence-electron chi connectivity index (χ0n) is 28.9. The van der Waals surface area contributed by atoms with E-state index in [1.54, 1.807) is 20.8 Å². The predicted octanol–water partition coefficient (Wildman–Crippen LogP) is 8.87. The van der Waals surface area contributed by atoms with Gasteiger partial charge in [-0.1, -0.05) is 46.3 Å². The van der Waals surface area contributed by atoms with Gasteiger partial charge in [-0.25, -0.2) is 14.4 Å². The van der Waals surface area contributed by atoms with Crippen LogP contribution in [0.2, 0.25) is 0 Å². The van der Waals surface area contributed by atoms with Crippen LogP contribution in [0.4, 0.5) is 14.4 Å². The minimum Gasteiger partial charge on any atom is -0.435 e. The van der Waals surface area contributed by atoms with E-state index in [-0.39, 0.29) is 36.1 Å². The van der Waals surface area contributed by atoms with Crippen molar-refractivity contribution in [1.29, 1.82) is 0 Å². The molecule has 256 valence electrons. The Morgan fingerprint density at radius 3 is 2.13 bits per heavy atom. The van der Waals surface area contributed by atoms with Gasteiger partial charge in [0.2, 0.25) is 0 Å². The Morgan fingerprint density at radius 2 is 1.49 bits per heavy atom. The van der Waals surface area contributed by atoms with Gasteiger partial charge in [-0.2, -0.15) is 0 Å². The van der Waals surface area contributed by atoms with E-state index < -0.39 is 30.7 Å². The molecule has 0 N–H and O–H groups in total. The highest BCUT2D eigenvalue weighted by molar-refractivity contribution is 5.61. The molecule has 4 rings (SSSR count). The first kappa shape index (κ1) is 35.4. The normalized spacial score (nSPS) is 35.1. The molecule has 4 aliphatic rings. The predicted molar refractivity (Wildman–Crippen MR) is 169 cm³/mol. The summed E-state index contributed by atoms with van der Waals surface area (Å²) in [5.41, 5.74) is 1.12.